The second-order valence-electron chi connectivity index (χ2n) is 4.75. The van der Waals surface area contributed by atoms with Gasteiger partial charge in [-0.25, -0.2) is 8.42 Å². The molecule has 0 bridgehead atoms. The van der Waals surface area contributed by atoms with Crippen LogP contribution in [0.15, 0.2) is 0 Å². The van der Waals surface area contributed by atoms with Crippen LogP contribution >= 0.6 is 0 Å². The molecule has 1 saturated carbocycles. The van der Waals surface area contributed by atoms with Crippen molar-refractivity contribution in [2.24, 2.45) is 0 Å². The average molecular weight is 233 g/mol. The van der Waals surface area contributed by atoms with Crippen molar-refractivity contribution in [2.75, 3.05) is 26.0 Å². The Kier molecular flexibility index (Phi) is 3.05. The third kappa shape index (κ3) is 2.19. The van der Waals surface area contributed by atoms with Crippen LogP contribution in [0.3, 0.4) is 0 Å². The summed E-state index contributed by atoms with van der Waals surface area (Å²) in [6, 6.07) is 0.351. The molecule has 1 aliphatic heterocycles. The molecule has 2 fully saturated rings. The zero-order valence-electron chi connectivity index (χ0n) is 9.16. The number of sulfone groups is 1. The summed E-state index contributed by atoms with van der Waals surface area (Å²) in [5.41, 5.74) is 0. The second kappa shape index (κ2) is 4.03. The Morgan fingerprint density at radius 2 is 2.20 bits per heavy atom. The molecule has 0 aromatic rings. The van der Waals surface area contributed by atoms with E-state index in [1.54, 1.807) is 0 Å². The minimum absolute atomic E-state index is 0.351. The third-order valence-corrected chi connectivity index (χ3v) is 5.82. The maximum absolute atomic E-state index is 11.7. The van der Waals surface area contributed by atoms with Crippen molar-refractivity contribution in [1.82, 2.24) is 5.32 Å². The van der Waals surface area contributed by atoms with E-state index in [4.69, 9.17) is 4.74 Å². The van der Waals surface area contributed by atoms with E-state index in [-0.39, 0.29) is 0 Å². The Bertz CT molecular complexity index is 316. The van der Waals surface area contributed by atoms with Crippen LogP contribution in [0.5, 0.6) is 0 Å². The van der Waals surface area contributed by atoms with Gasteiger partial charge in [0.05, 0.1) is 11.4 Å². The summed E-state index contributed by atoms with van der Waals surface area (Å²) in [7, 11) is -2.92. The molecule has 1 heterocycles. The van der Waals surface area contributed by atoms with Crippen LogP contribution in [-0.2, 0) is 14.6 Å². The van der Waals surface area contributed by atoms with E-state index in [9.17, 15) is 8.42 Å². The first-order chi connectivity index (χ1) is 7.04. The topological polar surface area (TPSA) is 55.4 Å². The van der Waals surface area contributed by atoms with E-state index in [1.807, 2.05) is 0 Å². The highest BCUT2D eigenvalue weighted by Gasteiger charge is 2.46. The van der Waals surface area contributed by atoms with E-state index in [1.165, 1.54) is 6.26 Å². The molecule has 0 spiro atoms. The quantitative estimate of drug-likeness (QED) is 0.760. The van der Waals surface area contributed by atoms with Gasteiger partial charge in [-0.1, -0.05) is 6.42 Å². The summed E-state index contributed by atoms with van der Waals surface area (Å²) in [6.07, 6.45) is 5.02. The van der Waals surface area contributed by atoms with Gasteiger partial charge >= 0.3 is 0 Å². The highest BCUT2D eigenvalue weighted by molar-refractivity contribution is 7.92. The van der Waals surface area contributed by atoms with Gasteiger partial charge < -0.3 is 10.1 Å². The molecule has 1 atom stereocenters. The van der Waals surface area contributed by atoms with Crippen molar-refractivity contribution in [3.8, 4) is 0 Å². The van der Waals surface area contributed by atoms with Gasteiger partial charge in [0, 0.05) is 25.4 Å². The summed E-state index contributed by atoms with van der Waals surface area (Å²) in [5.74, 6) is 0. The van der Waals surface area contributed by atoms with Crippen LogP contribution in [0.4, 0.5) is 0 Å². The summed E-state index contributed by atoms with van der Waals surface area (Å²) >= 11 is 0. The number of hydrogen-bond acceptors (Lipinski definition) is 4. The number of rotatable bonds is 4. The highest BCUT2D eigenvalue weighted by atomic mass is 32.2. The molecular weight excluding hydrogens is 214 g/mol. The van der Waals surface area contributed by atoms with Crippen LogP contribution in [0.1, 0.15) is 25.7 Å². The number of ether oxygens (including phenoxy) is 1. The van der Waals surface area contributed by atoms with Gasteiger partial charge in [-0.2, -0.15) is 0 Å². The molecule has 0 amide bonds. The molecule has 15 heavy (non-hydrogen) atoms. The monoisotopic (exact) mass is 233 g/mol. The van der Waals surface area contributed by atoms with Gasteiger partial charge in [0.15, 0.2) is 9.84 Å². The van der Waals surface area contributed by atoms with E-state index in [0.717, 1.165) is 38.9 Å². The van der Waals surface area contributed by atoms with Crippen LogP contribution in [0.25, 0.3) is 0 Å². The normalized spacial score (nSPS) is 30.1. The van der Waals surface area contributed by atoms with Crippen LogP contribution in [0, 0.1) is 0 Å². The Labute approximate surface area is 91.3 Å². The molecule has 5 heteroatoms. The van der Waals surface area contributed by atoms with Crippen LogP contribution in [0.2, 0.25) is 0 Å². The predicted molar refractivity (Wildman–Crippen MR) is 58.7 cm³/mol. The maximum atomic E-state index is 11.7. The van der Waals surface area contributed by atoms with Crippen molar-refractivity contribution >= 4 is 9.84 Å². The minimum Gasteiger partial charge on any atom is -0.380 e. The van der Waals surface area contributed by atoms with Gasteiger partial charge in [-0.15, -0.1) is 0 Å². The van der Waals surface area contributed by atoms with Gasteiger partial charge in [0.2, 0.25) is 0 Å². The zero-order chi connectivity index (χ0) is 10.9. The number of hydrogen-bond donors (Lipinski definition) is 1. The van der Waals surface area contributed by atoms with E-state index >= 15 is 0 Å². The molecule has 1 aliphatic carbocycles. The molecule has 0 radical (unpaired) electrons. The predicted octanol–water partition coefficient (Wildman–Crippen LogP) is 0.332. The molecule has 88 valence electrons. The van der Waals surface area contributed by atoms with Gasteiger partial charge in [0.25, 0.3) is 0 Å². The molecule has 0 aromatic heterocycles. The molecular formula is C10H19NO3S. The van der Waals surface area contributed by atoms with Gasteiger partial charge in [-0.3, -0.25) is 0 Å². The first kappa shape index (κ1) is 11.4. The molecule has 2 rings (SSSR count). The lowest BCUT2D eigenvalue weighted by molar-refractivity contribution is 0.188. The second-order valence-corrected chi connectivity index (χ2v) is 7.16. The fourth-order valence-electron chi connectivity index (χ4n) is 2.28. The first-order valence-electron chi connectivity index (χ1n) is 5.54. The Hall–Kier alpha value is -0.130. The molecule has 1 N–H and O–H groups in total. The van der Waals surface area contributed by atoms with Gasteiger partial charge in [-0.05, 0) is 19.3 Å². The lowest BCUT2D eigenvalue weighted by atomic mass is 9.84. The highest BCUT2D eigenvalue weighted by Crippen LogP contribution is 2.38. The molecule has 1 unspecified atom stereocenters. The summed E-state index contributed by atoms with van der Waals surface area (Å²) in [4.78, 5) is 0. The lowest BCUT2D eigenvalue weighted by Crippen LogP contribution is -2.54. The van der Waals surface area contributed by atoms with Gasteiger partial charge in [0.1, 0.15) is 0 Å². The number of nitrogens with one attached hydrogen (secondary N) is 1. The van der Waals surface area contributed by atoms with Crippen molar-refractivity contribution in [3.63, 3.8) is 0 Å². The van der Waals surface area contributed by atoms with Crippen molar-refractivity contribution in [2.45, 2.75) is 36.5 Å². The smallest absolute Gasteiger partial charge is 0.154 e. The molecule has 2 aliphatic rings. The van der Waals surface area contributed by atoms with Crippen molar-refractivity contribution in [1.29, 1.82) is 0 Å². The summed E-state index contributed by atoms with van der Waals surface area (Å²) < 4.78 is 28.1. The Morgan fingerprint density at radius 1 is 1.47 bits per heavy atom. The molecule has 4 nitrogen and oxygen atoms in total. The third-order valence-electron chi connectivity index (χ3n) is 3.69. The van der Waals surface area contributed by atoms with Crippen molar-refractivity contribution in [3.05, 3.63) is 0 Å². The van der Waals surface area contributed by atoms with Crippen LogP contribution < -0.4 is 5.32 Å². The molecule has 0 aromatic carbocycles. The fraction of sp³-hybridized carbons (Fsp3) is 1.00. The van der Waals surface area contributed by atoms with E-state index in [0.29, 0.717) is 12.6 Å². The summed E-state index contributed by atoms with van der Waals surface area (Å²) in [6.45, 7) is 2.11. The van der Waals surface area contributed by atoms with Crippen molar-refractivity contribution < 1.29 is 13.2 Å². The Balaban J connectivity index is 1.91. The lowest BCUT2D eigenvalue weighted by Gasteiger charge is -2.40. The first-order valence-corrected chi connectivity index (χ1v) is 7.43. The molecule has 1 saturated heterocycles. The SMILES string of the molecule is CS(=O)(=O)C1(CNC2CCOC2)CCC1. The standard InChI is InChI=1S/C10H19NO3S/c1-15(12,13)10(4-2-5-10)8-11-9-3-6-14-7-9/h9,11H,2-8H2,1H3. The summed E-state index contributed by atoms with van der Waals surface area (Å²) in [5, 5.41) is 3.33. The largest absolute Gasteiger partial charge is 0.380 e. The zero-order valence-corrected chi connectivity index (χ0v) is 9.98. The average Bonchev–Trinajstić information content (AvgIpc) is 2.51. The Morgan fingerprint density at radius 3 is 2.60 bits per heavy atom. The van der Waals surface area contributed by atoms with E-state index < -0.39 is 14.6 Å². The maximum Gasteiger partial charge on any atom is 0.154 e. The fourth-order valence-corrected chi connectivity index (χ4v) is 3.65. The van der Waals surface area contributed by atoms with E-state index in [2.05, 4.69) is 5.32 Å². The minimum atomic E-state index is -2.92. The van der Waals surface area contributed by atoms with Crippen LogP contribution in [-0.4, -0.2) is 45.2 Å².